The first-order valence-corrected chi connectivity index (χ1v) is 6.96. The Morgan fingerprint density at radius 1 is 1.14 bits per heavy atom. The van der Waals surface area contributed by atoms with Crippen molar-refractivity contribution >= 4 is 11.8 Å². The Morgan fingerprint density at radius 3 is 2.62 bits per heavy atom. The summed E-state index contributed by atoms with van der Waals surface area (Å²) in [5.41, 5.74) is 4.37. The molecule has 2 aromatic rings. The number of ether oxygens (including phenoxy) is 1. The number of fused-ring (bicyclic) bond motifs is 1. The molecule has 1 unspecified atom stereocenters. The van der Waals surface area contributed by atoms with Crippen molar-refractivity contribution in [3.05, 3.63) is 59.2 Å². The summed E-state index contributed by atoms with van der Waals surface area (Å²) in [6.45, 7) is 1.96. The summed E-state index contributed by atoms with van der Waals surface area (Å²) in [6, 6.07) is 13.1. The van der Waals surface area contributed by atoms with E-state index >= 15 is 0 Å². The highest BCUT2D eigenvalue weighted by molar-refractivity contribution is 6.04. The molecular formula is C18H16O3. The molecule has 106 valence electrons. The molecule has 0 fully saturated rings. The van der Waals surface area contributed by atoms with E-state index in [4.69, 9.17) is 4.74 Å². The predicted octanol–water partition coefficient (Wildman–Crippen LogP) is 3.52. The lowest BCUT2D eigenvalue weighted by molar-refractivity contribution is 0.0600. The van der Waals surface area contributed by atoms with Crippen LogP contribution in [0.4, 0.5) is 0 Å². The van der Waals surface area contributed by atoms with Crippen molar-refractivity contribution in [3.8, 4) is 11.1 Å². The van der Waals surface area contributed by atoms with E-state index in [0.29, 0.717) is 5.56 Å². The SMILES string of the molecule is COC(=O)c1cccc(-c2cccc3c2CC(C)C3=O)c1. The van der Waals surface area contributed by atoms with Gasteiger partial charge in [-0.1, -0.05) is 37.3 Å². The van der Waals surface area contributed by atoms with E-state index in [-0.39, 0.29) is 17.7 Å². The molecular weight excluding hydrogens is 264 g/mol. The van der Waals surface area contributed by atoms with Gasteiger partial charge in [-0.2, -0.15) is 0 Å². The van der Waals surface area contributed by atoms with E-state index in [1.54, 1.807) is 6.07 Å². The minimum absolute atomic E-state index is 0.0324. The number of carbonyl (C=O) groups is 2. The normalized spacial score (nSPS) is 16.7. The molecule has 1 atom stereocenters. The molecule has 3 nitrogen and oxygen atoms in total. The van der Waals surface area contributed by atoms with Gasteiger partial charge in [-0.3, -0.25) is 4.79 Å². The smallest absolute Gasteiger partial charge is 0.337 e. The Balaban J connectivity index is 2.11. The number of Topliss-reactive ketones (excluding diaryl/α,β-unsaturated/α-hetero) is 1. The molecule has 0 radical (unpaired) electrons. The van der Waals surface area contributed by atoms with Crippen molar-refractivity contribution < 1.29 is 14.3 Å². The maximum absolute atomic E-state index is 12.1. The minimum atomic E-state index is -0.353. The molecule has 0 heterocycles. The zero-order valence-corrected chi connectivity index (χ0v) is 12.1. The van der Waals surface area contributed by atoms with Crippen LogP contribution in [0.2, 0.25) is 0 Å². The first-order chi connectivity index (χ1) is 10.1. The number of benzene rings is 2. The molecule has 1 aliphatic rings. The molecule has 21 heavy (non-hydrogen) atoms. The summed E-state index contributed by atoms with van der Waals surface area (Å²) in [7, 11) is 1.37. The van der Waals surface area contributed by atoms with E-state index in [2.05, 4.69) is 0 Å². The zero-order valence-electron chi connectivity index (χ0n) is 12.1. The lowest BCUT2D eigenvalue weighted by atomic mass is 9.95. The fourth-order valence-electron chi connectivity index (χ4n) is 2.90. The first kappa shape index (κ1) is 13.6. The van der Waals surface area contributed by atoms with Crippen molar-refractivity contribution in [3.63, 3.8) is 0 Å². The van der Waals surface area contributed by atoms with Crippen LogP contribution in [0, 0.1) is 5.92 Å². The van der Waals surface area contributed by atoms with Crippen LogP contribution in [0.1, 0.15) is 33.2 Å². The molecule has 0 amide bonds. The van der Waals surface area contributed by atoms with Crippen LogP contribution in [0.15, 0.2) is 42.5 Å². The lowest BCUT2D eigenvalue weighted by Gasteiger charge is -2.09. The van der Waals surface area contributed by atoms with E-state index < -0.39 is 0 Å². The second kappa shape index (κ2) is 5.17. The minimum Gasteiger partial charge on any atom is -0.465 e. The standard InChI is InChI=1S/C18H16O3/c1-11-9-16-14(7-4-8-15(16)17(11)19)12-5-3-6-13(10-12)18(20)21-2/h3-8,10-11H,9H2,1-2H3. The molecule has 2 aromatic carbocycles. The molecule has 3 rings (SSSR count). The van der Waals surface area contributed by atoms with Gasteiger partial charge in [0, 0.05) is 11.5 Å². The number of rotatable bonds is 2. The van der Waals surface area contributed by atoms with Gasteiger partial charge in [0.05, 0.1) is 12.7 Å². The van der Waals surface area contributed by atoms with Crippen LogP contribution < -0.4 is 0 Å². The van der Waals surface area contributed by atoms with Crippen LogP contribution in [0.3, 0.4) is 0 Å². The van der Waals surface area contributed by atoms with Crippen molar-refractivity contribution in [2.75, 3.05) is 7.11 Å². The van der Waals surface area contributed by atoms with Crippen LogP contribution in [0.25, 0.3) is 11.1 Å². The van der Waals surface area contributed by atoms with Crippen LogP contribution >= 0.6 is 0 Å². The van der Waals surface area contributed by atoms with E-state index in [9.17, 15) is 9.59 Å². The first-order valence-electron chi connectivity index (χ1n) is 6.96. The number of carbonyl (C=O) groups excluding carboxylic acids is 2. The zero-order chi connectivity index (χ0) is 15.0. The van der Waals surface area contributed by atoms with Gasteiger partial charge in [-0.05, 0) is 35.2 Å². The maximum atomic E-state index is 12.1. The van der Waals surface area contributed by atoms with E-state index in [1.165, 1.54) is 7.11 Å². The van der Waals surface area contributed by atoms with Crippen molar-refractivity contribution in [1.29, 1.82) is 0 Å². The quantitative estimate of drug-likeness (QED) is 0.791. The third-order valence-electron chi connectivity index (χ3n) is 3.99. The van der Waals surface area contributed by atoms with Crippen LogP contribution in [-0.2, 0) is 11.2 Å². The molecule has 0 N–H and O–H groups in total. The highest BCUT2D eigenvalue weighted by atomic mass is 16.5. The molecule has 0 aliphatic heterocycles. The third kappa shape index (κ3) is 2.25. The van der Waals surface area contributed by atoms with Gasteiger partial charge >= 0.3 is 5.97 Å². The number of methoxy groups -OCH3 is 1. The van der Waals surface area contributed by atoms with Crippen LogP contribution in [-0.4, -0.2) is 18.9 Å². The van der Waals surface area contributed by atoms with Gasteiger partial charge in [-0.15, -0.1) is 0 Å². The molecule has 0 saturated carbocycles. The average molecular weight is 280 g/mol. The summed E-state index contributed by atoms with van der Waals surface area (Å²) < 4.78 is 4.76. The van der Waals surface area contributed by atoms with Gasteiger partial charge in [0.25, 0.3) is 0 Å². The highest BCUT2D eigenvalue weighted by Gasteiger charge is 2.28. The molecule has 0 saturated heterocycles. The summed E-state index contributed by atoms with van der Waals surface area (Å²) in [4.78, 5) is 23.8. The largest absolute Gasteiger partial charge is 0.465 e. The van der Waals surface area contributed by atoms with Crippen molar-refractivity contribution in [1.82, 2.24) is 0 Å². The van der Waals surface area contributed by atoms with Gasteiger partial charge in [0.15, 0.2) is 5.78 Å². The fourth-order valence-corrected chi connectivity index (χ4v) is 2.90. The third-order valence-corrected chi connectivity index (χ3v) is 3.99. The van der Waals surface area contributed by atoms with Crippen molar-refractivity contribution in [2.24, 2.45) is 5.92 Å². The lowest BCUT2D eigenvalue weighted by Crippen LogP contribution is -2.02. The van der Waals surface area contributed by atoms with Crippen LogP contribution in [0.5, 0.6) is 0 Å². The molecule has 0 spiro atoms. The van der Waals surface area contributed by atoms with E-state index in [1.807, 2.05) is 43.3 Å². The number of esters is 1. The Bertz CT molecular complexity index is 731. The maximum Gasteiger partial charge on any atom is 0.337 e. The second-order valence-electron chi connectivity index (χ2n) is 5.37. The Hall–Kier alpha value is -2.42. The summed E-state index contributed by atoms with van der Waals surface area (Å²) in [6.07, 6.45) is 0.757. The second-order valence-corrected chi connectivity index (χ2v) is 5.37. The number of ketones is 1. The van der Waals surface area contributed by atoms with Gasteiger partial charge in [0.2, 0.25) is 0 Å². The van der Waals surface area contributed by atoms with Gasteiger partial charge < -0.3 is 4.74 Å². The van der Waals surface area contributed by atoms with Gasteiger partial charge in [0.1, 0.15) is 0 Å². The highest BCUT2D eigenvalue weighted by Crippen LogP contribution is 2.35. The van der Waals surface area contributed by atoms with Crippen molar-refractivity contribution in [2.45, 2.75) is 13.3 Å². The number of hydrogen-bond donors (Lipinski definition) is 0. The fraction of sp³-hybridized carbons (Fsp3) is 0.222. The molecule has 0 aromatic heterocycles. The topological polar surface area (TPSA) is 43.4 Å². The Morgan fingerprint density at radius 2 is 1.86 bits per heavy atom. The van der Waals surface area contributed by atoms with Gasteiger partial charge in [-0.25, -0.2) is 4.79 Å². The Kier molecular flexibility index (Phi) is 3.34. The molecule has 0 bridgehead atoms. The summed E-state index contributed by atoms with van der Waals surface area (Å²) >= 11 is 0. The summed E-state index contributed by atoms with van der Waals surface area (Å²) in [5, 5.41) is 0. The Labute approximate surface area is 123 Å². The predicted molar refractivity (Wildman–Crippen MR) is 80.4 cm³/mol. The molecule has 1 aliphatic carbocycles. The monoisotopic (exact) mass is 280 g/mol. The molecule has 3 heteroatoms. The van der Waals surface area contributed by atoms with E-state index in [0.717, 1.165) is 28.7 Å². The summed E-state index contributed by atoms with van der Waals surface area (Å²) in [5.74, 6) is -0.116. The number of hydrogen-bond acceptors (Lipinski definition) is 3. The average Bonchev–Trinajstić information content (AvgIpc) is 2.82.